The summed E-state index contributed by atoms with van der Waals surface area (Å²) in [6, 6.07) is 0.324. The van der Waals surface area contributed by atoms with Crippen molar-refractivity contribution in [2.24, 2.45) is 5.92 Å². The number of nitrogens with zero attached hydrogens (tertiary/aromatic N) is 2. The Morgan fingerprint density at radius 2 is 2.22 bits per heavy atom. The molecular weight excluding hydrogens is 226 g/mol. The second-order valence-electron chi connectivity index (χ2n) is 4.87. The van der Waals surface area contributed by atoms with Crippen LogP contribution in [0.15, 0.2) is 12.4 Å². The Balaban J connectivity index is 2.71. The van der Waals surface area contributed by atoms with E-state index in [4.69, 9.17) is 4.74 Å². The van der Waals surface area contributed by atoms with Crippen LogP contribution in [0.4, 0.5) is 0 Å². The minimum atomic E-state index is 0.324. The number of methoxy groups -OCH3 is 1. The first-order chi connectivity index (χ1) is 8.72. The third-order valence-electron chi connectivity index (χ3n) is 3.13. The van der Waals surface area contributed by atoms with Crippen LogP contribution in [-0.2, 0) is 11.3 Å². The standard InChI is InChI=1S/C14H27N3O/c1-5-7-15-13(10-12(3)11-18-4)14-16-8-9-17(14)6-2/h8-9,12-13,15H,5-7,10-11H2,1-4H3. The zero-order chi connectivity index (χ0) is 13.4. The first-order valence-corrected chi connectivity index (χ1v) is 6.96. The highest BCUT2D eigenvalue weighted by Gasteiger charge is 2.18. The fourth-order valence-electron chi connectivity index (χ4n) is 2.25. The van der Waals surface area contributed by atoms with Crippen molar-refractivity contribution in [2.45, 2.75) is 46.2 Å². The molecule has 0 bridgehead atoms. The third kappa shape index (κ3) is 4.42. The van der Waals surface area contributed by atoms with Gasteiger partial charge in [0.2, 0.25) is 0 Å². The highest BCUT2D eigenvalue weighted by molar-refractivity contribution is 5.00. The molecule has 0 aliphatic rings. The SMILES string of the molecule is CCCNC(CC(C)COC)c1nccn1CC. The molecule has 1 aromatic heterocycles. The fourth-order valence-corrected chi connectivity index (χ4v) is 2.25. The maximum absolute atomic E-state index is 5.23. The van der Waals surface area contributed by atoms with E-state index in [0.717, 1.165) is 38.4 Å². The fraction of sp³-hybridized carbons (Fsp3) is 0.786. The van der Waals surface area contributed by atoms with Gasteiger partial charge in [0.1, 0.15) is 5.82 Å². The van der Waals surface area contributed by atoms with Crippen molar-refractivity contribution < 1.29 is 4.74 Å². The van der Waals surface area contributed by atoms with Gasteiger partial charge in [0.25, 0.3) is 0 Å². The Labute approximate surface area is 111 Å². The topological polar surface area (TPSA) is 39.1 Å². The van der Waals surface area contributed by atoms with Gasteiger partial charge in [0.15, 0.2) is 0 Å². The quantitative estimate of drug-likeness (QED) is 0.735. The maximum Gasteiger partial charge on any atom is 0.125 e. The van der Waals surface area contributed by atoms with Gasteiger partial charge in [0, 0.05) is 32.7 Å². The number of imidazole rings is 1. The number of ether oxygens (including phenoxy) is 1. The molecular formula is C14H27N3O. The summed E-state index contributed by atoms with van der Waals surface area (Å²) >= 11 is 0. The van der Waals surface area contributed by atoms with E-state index in [1.807, 2.05) is 6.20 Å². The van der Waals surface area contributed by atoms with Gasteiger partial charge in [-0.1, -0.05) is 13.8 Å². The number of rotatable bonds is 9. The lowest BCUT2D eigenvalue weighted by Gasteiger charge is -2.22. The third-order valence-corrected chi connectivity index (χ3v) is 3.13. The average molecular weight is 253 g/mol. The van der Waals surface area contributed by atoms with E-state index in [2.05, 4.69) is 41.8 Å². The van der Waals surface area contributed by atoms with Crippen molar-refractivity contribution in [3.8, 4) is 0 Å². The highest BCUT2D eigenvalue weighted by Crippen LogP contribution is 2.20. The van der Waals surface area contributed by atoms with Gasteiger partial charge in [-0.25, -0.2) is 4.98 Å². The Hall–Kier alpha value is -0.870. The number of hydrogen-bond donors (Lipinski definition) is 1. The summed E-state index contributed by atoms with van der Waals surface area (Å²) in [4.78, 5) is 4.51. The molecule has 0 aliphatic heterocycles. The van der Waals surface area contributed by atoms with Gasteiger partial charge in [-0.15, -0.1) is 0 Å². The zero-order valence-corrected chi connectivity index (χ0v) is 12.1. The van der Waals surface area contributed by atoms with Crippen LogP contribution in [-0.4, -0.2) is 29.8 Å². The molecule has 0 amide bonds. The first kappa shape index (κ1) is 15.2. The predicted molar refractivity (Wildman–Crippen MR) is 74.6 cm³/mol. The summed E-state index contributed by atoms with van der Waals surface area (Å²) in [5, 5.41) is 3.60. The van der Waals surface area contributed by atoms with E-state index in [1.54, 1.807) is 7.11 Å². The molecule has 1 aromatic rings. The minimum Gasteiger partial charge on any atom is -0.384 e. The van der Waals surface area contributed by atoms with Crippen LogP contribution in [0.25, 0.3) is 0 Å². The minimum absolute atomic E-state index is 0.324. The van der Waals surface area contributed by atoms with E-state index in [-0.39, 0.29) is 0 Å². The van der Waals surface area contributed by atoms with Gasteiger partial charge in [0.05, 0.1) is 6.04 Å². The summed E-state index contributed by atoms with van der Waals surface area (Å²) in [5.41, 5.74) is 0. The monoisotopic (exact) mass is 253 g/mol. The molecule has 1 heterocycles. The van der Waals surface area contributed by atoms with Crippen molar-refractivity contribution in [3.63, 3.8) is 0 Å². The molecule has 0 radical (unpaired) electrons. The maximum atomic E-state index is 5.23. The van der Waals surface area contributed by atoms with E-state index in [0.29, 0.717) is 12.0 Å². The summed E-state index contributed by atoms with van der Waals surface area (Å²) < 4.78 is 7.44. The molecule has 2 atom stereocenters. The highest BCUT2D eigenvalue weighted by atomic mass is 16.5. The summed E-state index contributed by atoms with van der Waals surface area (Å²) in [5.74, 6) is 1.68. The van der Waals surface area contributed by atoms with E-state index >= 15 is 0 Å². The average Bonchev–Trinajstić information content (AvgIpc) is 2.82. The molecule has 0 spiro atoms. The van der Waals surface area contributed by atoms with Crippen LogP contribution >= 0.6 is 0 Å². The van der Waals surface area contributed by atoms with E-state index in [9.17, 15) is 0 Å². The van der Waals surface area contributed by atoms with Crippen LogP contribution < -0.4 is 5.32 Å². The smallest absolute Gasteiger partial charge is 0.125 e. The van der Waals surface area contributed by atoms with Crippen molar-refractivity contribution in [1.82, 2.24) is 14.9 Å². The second-order valence-corrected chi connectivity index (χ2v) is 4.87. The molecule has 1 rings (SSSR count). The normalized spacial score (nSPS) is 14.7. The van der Waals surface area contributed by atoms with Crippen molar-refractivity contribution in [3.05, 3.63) is 18.2 Å². The molecule has 2 unspecified atom stereocenters. The summed E-state index contributed by atoms with van der Waals surface area (Å²) in [7, 11) is 1.76. The number of aromatic nitrogens is 2. The van der Waals surface area contributed by atoms with E-state index < -0.39 is 0 Å². The molecule has 18 heavy (non-hydrogen) atoms. The van der Waals surface area contributed by atoms with Crippen molar-refractivity contribution >= 4 is 0 Å². The molecule has 4 nitrogen and oxygen atoms in total. The Kier molecular flexibility index (Phi) is 6.98. The van der Waals surface area contributed by atoms with Crippen LogP contribution in [0.1, 0.15) is 45.5 Å². The molecule has 1 N–H and O–H groups in total. The van der Waals surface area contributed by atoms with Crippen LogP contribution in [0.2, 0.25) is 0 Å². The number of nitrogens with one attached hydrogen (secondary N) is 1. The van der Waals surface area contributed by atoms with Crippen molar-refractivity contribution in [2.75, 3.05) is 20.3 Å². The van der Waals surface area contributed by atoms with Gasteiger partial charge in [-0.3, -0.25) is 0 Å². The second kappa shape index (κ2) is 8.27. The van der Waals surface area contributed by atoms with Crippen molar-refractivity contribution in [1.29, 1.82) is 0 Å². The molecule has 0 saturated heterocycles. The molecule has 104 valence electrons. The predicted octanol–water partition coefficient (Wildman–Crippen LogP) is 2.62. The first-order valence-electron chi connectivity index (χ1n) is 6.96. The lowest BCUT2D eigenvalue weighted by molar-refractivity contribution is 0.148. The molecule has 0 fully saturated rings. The summed E-state index contributed by atoms with van der Waals surface area (Å²) in [6.07, 6.45) is 6.14. The van der Waals surface area contributed by atoms with Gasteiger partial charge >= 0.3 is 0 Å². The number of aryl methyl sites for hydroxylation is 1. The number of hydrogen-bond acceptors (Lipinski definition) is 3. The zero-order valence-electron chi connectivity index (χ0n) is 12.1. The molecule has 0 aliphatic carbocycles. The van der Waals surface area contributed by atoms with Gasteiger partial charge in [-0.05, 0) is 32.2 Å². The van der Waals surface area contributed by atoms with Gasteiger partial charge in [-0.2, -0.15) is 0 Å². The lowest BCUT2D eigenvalue weighted by Crippen LogP contribution is -2.27. The molecule has 4 heteroatoms. The van der Waals surface area contributed by atoms with E-state index in [1.165, 1.54) is 0 Å². The Morgan fingerprint density at radius 3 is 2.83 bits per heavy atom. The lowest BCUT2D eigenvalue weighted by atomic mass is 10.0. The Bertz CT molecular complexity index is 325. The molecule has 0 saturated carbocycles. The molecule has 0 aromatic carbocycles. The van der Waals surface area contributed by atoms with Crippen LogP contribution in [0.5, 0.6) is 0 Å². The van der Waals surface area contributed by atoms with Crippen LogP contribution in [0.3, 0.4) is 0 Å². The Morgan fingerprint density at radius 1 is 1.44 bits per heavy atom. The van der Waals surface area contributed by atoms with Crippen LogP contribution in [0, 0.1) is 5.92 Å². The van der Waals surface area contributed by atoms with Gasteiger partial charge < -0.3 is 14.6 Å². The summed E-state index contributed by atoms with van der Waals surface area (Å²) in [6.45, 7) is 9.37. The largest absolute Gasteiger partial charge is 0.384 e.